The molecule has 1 fully saturated rings. The van der Waals surface area contributed by atoms with Gasteiger partial charge in [-0.15, -0.1) is 0 Å². The maximum absolute atomic E-state index is 5.86. The number of halogens is 1. The van der Waals surface area contributed by atoms with Gasteiger partial charge in [0.05, 0.1) is 29.3 Å². The maximum Gasteiger partial charge on any atom is 0.219 e. The second-order valence-electron chi connectivity index (χ2n) is 7.84. The van der Waals surface area contributed by atoms with Crippen molar-refractivity contribution in [1.82, 2.24) is 14.5 Å². The number of benzene rings is 2. The molecule has 0 unspecified atom stereocenters. The lowest BCUT2D eigenvalue weighted by Crippen LogP contribution is -2.29. The lowest BCUT2D eigenvalue weighted by molar-refractivity contribution is -0.0312. The Morgan fingerprint density at radius 2 is 1.90 bits per heavy atom. The molecule has 4 aromatic rings. The number of hydrogen-bond donors (Lipinski definition) is 1. The van der Waals surface area contributed by atoms with Crippen molar-refractivity contribution in [3.63, 3.8) is 0 Å². The summed E-state index contributed by atoms with van der Waals surface area (Å²) in [7, 11) is 2.05. The zero-order chi connectivity index (χ0) is 21.2. The fraction of sp³-hybridized carbons (Fsp3) is 0.250. The number of fused-ring (bicyclic) bond motifs is 1. The van der Waals surface area contributed by atoms with Gasteiger partial charge in [-0.05, 0) is 47.9 Å². The molecule has 0 aliphatic carbocycles. The summed E-state index contributed by atoms with van der Waals surface area (Å²) in [6.45, 7) is 2.41. The molecule has 0 amide bonds. The lowest BCUT2D eigenvalue weighted by atomic mass is 9.98. The van der Waals surface area contributed by atoms with Gasteiger partial charge < -0.3 is 19.4 Å². The van der Waals surface area contributed by atoms with E-state index in [-0.39, 0.29) is 0 Å². The molecule has 0 spiro atoms. The van der Waals surface area contributed by atoms with Gasteiger partial charge in [-0.1, -0.05) is 29.8 Å². The van der Waals surface area contributed by atoms with Gasteiger partial charge in [0, 0.05) is 31.8 Å². The Balaban J connectivity index is 1.23. The molecule has 1 N–H and O–H groups in total. The van der Waals surface area contributed by atoms with E-state index >= 15 is 0 Å². The summed E-state index contributed by atoms with van der Waals surface area (Å²) < 4.78 is 13.2. The zero-order valence-corrected chi connectivity index (χ0v) is 18.0. The van der Waals surface area contributed by atoms with E-state index in [1.807, 2.05) is 31.3 Å². The monoisotopic (exact) mass is 434 g/mol. The lowest BCUT2D eigenvalue weighted by Gasteiger charge is -2.25. The van der Waals surface area contributed by atoms with Crippen molar-refractivity contribution in [1.29, 1.82) is 0 Å². The van der Waals surface area contributed by atoms with E-state index in [2.05, 4.69) is 33.1 Å². The topological polar surface area (TPSA) is 61.2 Å². The minimum Gasteiger partial charge on any atom is -0.439 e. The fourth-order valence-electron chi connectivity index (χ4n) is 3.66. The van der Waals surface area contributed by atoms with Crippen molar-refractivity contribution in [2.45, 2.75) is 13.0 Å². The van der Waals surface area contributed by atoms with E-state index in [1.54, 1.807) is 18.3 Å². The number of hydrogen-bond acceptors (Lipinski definition) is 5. The van der Waals surface area contributed by atoms with Crippen molar-refractivity contribution < 1.29 is 9.47 Å². The van der Waals surface area contributed by atoms with Crippen LogP contribution in [0.25, 0.3) is 11.0 Å². The second-order valence-corrected chi connectivity index (χ2v) is 8.28. The van der Waals surface area contributed by atoms with E-state index < -0.39 is 0 Å². The number of pyridine rings is 1. The Kier molecular flexibility index (Phi) is 5.49. The summed E-state index contributed by atoms with van der Waals surface area (Å²) >= 11 is 5.86. The van der Waals surface area contributed by atoms with Crippen LogP contribution in [0.3, 0.4) is 0 Å². The Morgan fingerprint density at radius 1 is 1.10 bits per heavy atom. The van der Waals surface area contributed by atoms with Crippen molar-refractivity contribution in [3.8, 4) is 11.6 Å². The quantitative estimate of drug-likeness (QED) is 0.432. The predicted molar refractivity (Wildman–Crippen MR) is 122 cm³/mol. The van der Waals surface area contributed by atoms with Gasteiger partial charge in [-0.25, -0.2) is 9.97 Å². The molecule has 1 aliphatic heterocycles. The SMILES string of the molecule is Cn1c(NCc2ccc(Oc3ccc(Cl)cn3)cc2)nc2ccc(CC3COC3)cc21. The Bertz CT molecular complexity index is 1180. The van der Waals surface area contributed by atoms with Gasteiger partial charge in [-0.3, -0.25) is 0 Å². The molecule has 2 aromatic heterocycles. The van der Waals surface area contributed by atoms with Gasteiger partial charge >= 0.3 is 0 Å². The first-order valence-corrected chi connectivity index (χ1v) is 10.7. The zero-order valence-electron chi connectivity index (χ0n) is 17.2. The van der Waals surface area contributed by atoms with Crippen molar-refractivity contribution in [2.24, 2.45) is 13.0 Å². The number of imidazole rings is 1. The first kappa shape index (κ1) is 19.8. The summed E-state index contributed by atoms with van der Waals surface area (Å²) in [6.07, 6.45) is 2.63. The van der Waals surface area contributed by atoms with Crippen molar-refractivity contribution >= 4 is 28.6 Å². The molecule has 0 radical (unpaired) electrons. The number of anilines is 1. The summed E-state index contributed by atoms with van der Waals surface area (Å²) in [4.78, 5) is 8.89. The second kappa shape index (κ2) is 8.57. The molecule has 5 rings (SSSR count). The van der Waals surface area contributed by atoms with E-state index in [1.165, 1.54) is 5.56 Å². The number of aromatic nitrogens is 3. The third-order valence-electron chi connectivity index (χ3n) is 5.47. The van der Waals surface area contributed by atoms with E-state index in [0.29, 0.717) is 23.4 Å². The Labute approximate surface area is 185 Å². The van der Waals surface area contributed by atoms with Gasteiger partial charge in [0.1, 0.15) is 5.75 Å². The number of nitrogens with zero attached hydrogens (tertiary/aromatic N) is 3. The minimum atomic E-state index is 0.513. The molecule has 0 saturated carbocycles. The molecular formula is C24H23ClN4O2. The smallest absolute Gasteiger partial charge is 0.219 e. The van der Waals surface area contributed by atoms with E-state index in [4.69, 9.17) is 26.1 Å². The van der Waals surface area contributed by atoms with E-state index in [9.17, 15) is 0 Å². The average molecular weight is 435 g/mol. The van der Waals surface area contributed by atoms with E-state index in [0.717, 1.165) is 47.9 Å². The maximum atomic E-state index is 5.86. The molecule has 158 valence electrons. The van der Waals surface area contributed by atoms with Crippen LogP contribution in [0.2, 0.25) is 5.02 Å². The molecule has 1 aliphatic rings. The normalized spacial score (nSPS) is 13.9. The highest BCUT2D eigenvalue weighted by Crippen LogP contribution is 2.24. The van der Waals surface area contributed by atoms with Crippen molar-refractivity contribution in [3.05, 3.63) is 76.9 Å². The van der Waals surface area contributed by atoms with Crippen LogP contribution in [0.1, 0.15) is 11.1 Å². The van der Waals surface area contributed by atoms with Gasteiger partial charge in [0.25, 0.3) is 0 Å². The largest absolute Gasteiger partial charge is 0.439 e. The number of ether oxygens (including phenoxy) is 2. The molecule has 0 bridgehead atoms. The molecule has 2 aromatic carbocycles. The van der Waals surface area contributed by atoms with Crippen LogP contribution in [-0.2, 0) is 24.8 Å². The fourth-order valence-corrected chi connectivity index (χ4v) is 3.77. The number of rotatable bonds is 7. The van der Waals surface area contributed by atoms with Crippen LogP contribution in [0.15, 0.2) is 60.8 Å². The minimum absolute atomic E-state index is 0.513. The van der Waals surface area contributed by atoms with Crippen LogP contribution in [-0.4, -0.2) is 27.7 Å². The van der Waals surface area contributed by atoms with Gasteiger partial charge in [-0.2, -0.15) is 0 Å². The van der Waals surface area contributed by atoms with Crippen LogP contribution in [0, 0.1) is 5.92 Å². The number of aryl methyl sites for hydroxylation is 1. The Hall–Kier alpha value is -3.09. The first-order chi connectivity index (χ1) is 15.1. The number of nitrogens with one attached hydrogen (secondary N) is 1. The summed E-state index contributed by atoms with van der Waals surface area (Å²) in [5.41, 5.74) is 4.60. The molecule has 3 heterocycles. The molecule has 6 nitrogen and oxygen atoms in total. The Morgan fingerprint density at radius 3 is 2.61 bits per heavy atom. The summed E-state index contributed by atoms with van der Waals surface area (Å²) in [6, 6.07) is 17.9. The highest BCUT2D eigenvalue weighted by molar-refractivity contribution is 6.30. The molecule has 31 heavy (non-hydrogen) atoms. The first-order valence-electron chi connectivity index (χ1n) is 10.3. The predicted octanol–water partition coefficient (Wildman–Crippen LogP) is 5.22. The van der Waals surface area contributed by atoms with Gasteiger partial charge in [0.15, 0.2) is 0 Å². The third-order valence-corrected chi connectivity index (χ3v) is 5.70. The highest BCUT2D eigenvalue weighted by atomic mass is 35.5. The molecule has 0 atom stereocenters. The molecular weight excluding hydrogens is 412 g/mol. The van der Waals surface area contributed by atoms with Crippen LogP contribution in [0.5, 0.6) is 11.6 Å². The van der Waals surface area contributed by atoms with Gasteiger partial charge in [0.2, 0.25) is 11.8 Å². The van der Waals surface area contributed by atoms with Crippen LogP contribution < -0.4 is 10.1 Å². The molecule has 7 heteroatoms. The average Bonchev–Trinajstić information content (AvgIpc) is 3.07. The van der Waals surface area contributed by atoms with Crippen LogP contribution >= 0.6 is 11.6 Å². The standard InChI is InChI=1S/C24H23ClN4O2/c1-29-22-11-17(10-18-14-30-15-18)4-8-21(22)28-24(29)27-12-16-2-6-20(7-3-16)31-23-9-5-19(25)13-26-23/h2-9,11,13,18H,10,12,14-15H2,1H3,(H,27,28). The van der Waals surface area contributed by atoms with Crippen molar-refractivity contribution in [2.75, 3.05) is 18.5 Å². The highest BCUT2D eigenvalue weighted by Gasteiger charge is 2.19. The third kappa shape index (κ3) is 4.50. The summed E-state index contributed by atoms with van der Waals surface area (Å²) in [5, 5.41) is 4.02. The molecule has 1 saturated heterocycles. The van der Waals surface area contributed by atoms with Crippen LogP contribution in [0.4, 0.5) is 5.95 Å². The summed E-state index contributed by atoms with van der Waals surface area (Å²) in [5.74, 6) is 2.74.